The first-order valence-electron chi connectivity index (χ1n) is 4.39. The zero-order valence-electron chi connectivity index (χ0n) is 8.31. The molecule has 0 saturated heterocycles. The number of hydrogen-bond donors (Lipinski definition) is 0. The number of nitrogens with zero attached hydrogens (tertiary/aromatic N) is 1. The van der Waals surface area contributed by atoms with E-state index in [2.05, 4.69) is 4.98 Å². The highest BCUT2D eigenvalue weighted by Crippen LogP contribution is 2.24. The minimum atomic E-state index is -3.19. The van der Waals surface area contributed by atoms with Gasteiger partial charge in [-0.1, -0.05) is 0 Å². The van der Waals surface area contributed by atoms with Crippen molar-refractivity contribution < 1.29 is 8.42 Å². The minimum Gasteiger partial charge on any atom is -0.249 e. The first kappa shape index (κ1) is 12.8. The van der Waals surface area contributed by atoms with Crippen molar-refractivity contribution >= 4 is 33.2 Å². The van der Waals surface area contributed by atoms with Crippen LogP contribution in [0, 0.1) is 0 Å². The van der Waals surface area contributed by atoms with Crippen molar-refractivity contribution in [1.82, 2.24) is 4.98 Å². The zero-order chi connectivity index (χ0) is 11.3. The Morgan fingerprint density at radius 2 is 2.27 bits per heavy atom. The molecule has 0 aliphatic rings. The highest BCUT2D eigenvalue weighted by atomic mass is 35.5. The second-order valence-corrected chi connectivity index (χ2v) is 6.42. The standard InChI is InChI=1S/C9H12ClNO2S2/c1-15(12,13)8-4-2-6-11-9(8)14-7-3-5-10/h2,4,6H,3,5,7H2,1H3. The molecule has 1 rings (SSSR count). The van der Waals surface area contributed by atoms with Gasteiger partial charge in [-0.2, -0.15) is 0 Å². The van der Waals surface area contributed by atoms with Crippen LogP contribution in [0.3, 0.4) is 0 Å². The summed E-state index contributed by atoms with van der Waals surface area (Å²) in [6, 6.07) is 3.20. The molecular weight excluding hydrogens is 254 g/mol. The molecule has 1 aromatic heterocycles. The lowest BCUT2D eigenvalue weighted by atomic mass is 10.5. The molecule has 0 aromatic carbocycles. The van der Waals surface area contributed by atoms with Crippen molar-refractivity contribution in [3.63, 3.8) is 0 Å². The van der Waals surface area contributed by atoms with Gasteiger partial charge in [0.25, 0.3) is 0 Å². The Morgan fingerprint density at radius 1 is 1.53 bits per heavy atom. The number of alkyl halides is 1. The molecule has 0 radical (unpaired) electrons. The molecule has 15 heavy (non-hydrogen) atoms. The number of hydrogen-bond acceptors (Lipinski definition) is 4. The molecular formula is C9H12ClNO2S2. The number of thioether (sulfide) groups is 1. The molecule has 1 aromatic rings. The van der Waals surface area contributed by atoms with E-state index in [1.165, 1.54) is 18.0 Å². The third kappa shape index (κ3) is 4.01. The first-order valence-corrected chi connectivity index (χ1v) is 7.80. The second kappa shape index (κ2) is 5.72. The summed E-state index contributed by atoms with van der Waals surface area (Å²) in [6.45, 7) is 0. The molecule has 0 spiro atoms. The molecule has 1 heterocycles. The molecule has 0 N–H and O–H groups in total. The maximum Gasteiger partial charge on any atom is 0.178 e. The molecule has 0 atom stereocenters. The smallest absolute Gasteiger partial charge is 0.178 e. The van der Waals surface area contributed by atoms with Gasteiger partial charge in [0.2, 0.25) is 0 Å². The third-order valence-electron chi connectivity index (χ3n) is 1.65. The van der Waals surface area contributed by atoms with Gasteiger partial charge >= 0.3 is 0 Å². The van der Waals surface area contributed by atoms with Crippen LogP contribution in [-0.2, 0) is 9.84 Å². The molecule has 0 fully saturated rings. The summed E-state index contributed by atoms with van der Waals surface area (Å²) in [6.07, 6.45) is 3.62. The predicted octanol–water partition coefficient (Wildman–Crippen LogP) is 2.21. The zero-order valence-corrected chi connectivity index (χ0v) is 10.7. The lowest BCUT2D eigenvalue weighted by Gasteiger charge is -2.04. The molecule has 84 valence electrons. The largest absolute Gasteiger partial charge is 0.249 e. The van der Waals surface area contributed by atoms with Crippen LogP contribution in [0.25, 0.3) is 0 Å². The molecule has 0 aliphatic heterocycles. The summed E-state index contributed by atoms with van der Waals surface area (Å²) >= 11 is 6.97. The van der Waals surface area contributed by atoms with Crippen LogP contribution in [0.15, 0.2) is 28.3 Å². The van der Waals surface area contributed by atoms with E-state index in [9.17, 15) is 8.42 Å². The summed E-state index contributed by atoms with van der Waals surface area (Å²) in [5.41, 5.74) is 0. The van der Waals surface area contributed by atoms with Crippen molar-refractivity contribution in [1.29, 1.82) is 0 Å². The van der Waals surface area contributed by atoms with Crippen molar-refractivity contribution in [3.8, 4) is 0 Å². The van der Waals surface area contributed by atoms with Gasteiger partial charge in [-0.05, 0) is 18.6 Å². The van der Waals surface area contributed by atoms with Gasteiger partial charge in [0.1, 0.15) is 5.03 Å². The maximum atomic E-state index is 11.4. The summed E-state index contributed by atoms with van der Waals surface area (Å²) in [5, 5.41) is 0.560. The summed E-state index contributed by atoms with van der Waals surface area (Å²) in [7, 11) is -3.19. The fourth-order valence-corrected chi connectivity index (χ4v) is 3.44. The van der Waals surface area contributed by atoms with Gasteiger partial charge in [0.05, 0.1) is 4.90 Å². The van der Waals surface area contributed by atoms with Gasteiger partial charge in [0.15, 0.2) is 9.84 Å². The van der Waals surface area contributed by atoms with Gasteiger partial charge in [-0.25, -0.2) is 13.4 Å². The summed E-state index contributed by atoms with van der Waals surface area (Å²) in [5.74, 6) is 1.36. The molecule has 0 amide bonds. The van der Waals surface area contributed by atoms with E-state index in [1.54, 1.807) is 18.3 Å². The van der Waals surface area contributed by atoms with Crippen LogP contribution in [-0.4, -0.2) is 31.3 Å². The molecule has 0 unspecified atom stereocenters. The molecule has 3 nitrogen and oxygen atoms in total. The number of halogens is 1. The van der Waals surface area contributed by atoms with Crippen molar-refractivity contribution in [2.45, 2.75) is 16.3 Å². The van der Waals surface area contributed by atoms with E-state index >= 15 is 0 Å². The summed E-state index contributed by atoms with van der Waals surface area (Å²) in [4.78, 5) is 4.35. The van der Waals surface area contributed by atoms with E-state index in [4.69, 9.17) is 11.6 Å². The number of aromatic nitrogens is 1. The van der Waals surface area contributed by atoms with E-state index in [0.29, 0.717) is 15.8 Å². The Labute approximate surface area is 99.2 Å². The highest BCUT2D eigenvalue weighted by molar-refractivity contribution is 8.00. The fraction of sp³-hybridized carbons (Fsp3) is 0.444. The number of sulfone groups is 1. The van der Waals surface area contributed by atoms with E-state index in [-0.39, 0.29) is 0 Å². The molecule has 0 aliphatic carbocycles. The van der Waals surface area contributed by atoms with Crippen LogP contribution in [0.1, 0.15) is 6.42 Å². The quantitative estimate of drug-likeness (QED) is 0.465. The van der Waals surface area contributed by atoms with Crippen molar-refractivity contribution in [3.05, 3.63) is 18.3 Å². The van der Waals surface area contributed by atoms with Crippen LogP contribution >= 0.6 is 23.4 Å². The fourth-order valence-electron chi connectivity index (χ4n) is 0.990. The average Bonchev–Trinajstić information content (AvgIpc) is 2.17. The topological polar surface area (TPSA) is 47.0 Å². The van der Waals surface area contributed by atoms with Crippen LogP contribution in [0.5, 0.6) is 0 Å². The SMILES string of the molecule is CS(=O)(=O)c1cccnc1SCCCCl. The third-order valence-corrected chi connectivity index (χ3v) is 4.27. The minimum absolute atomic E-state index is 0.296. The monoisotopic (exact) mass is 265 g/mol. The van der Waals surface area contributed by atoms with Gasteiger partial charge in [-0.15, -0.1) is 23.4 Å². The van der Waals surface area contributed by atoms with Crippen LogP contribution in [0.4, 0.5) is 0 Å². The average molecular weight is 266 g/mol. The Hall–Kier alpha value is -0.260. The van der Waals surface area contributed by atoms with Gasteiger partial charge < -0.3 is 0 Å². The van der Waals surface area contributed by atoms with Gasteiger partial charge in [-0.3, -0.25) is 0 Å². The van der Waals surface area contributed by atoms with Gasteiger partial charge in [0, 0.05) is 24.1 Å². The first-order chi connectivity index (χ1) is 7.05. The maximum absolute atomic E-state index is 11.4. The van der Waals surface area contributed by atoms with Crippen molar-refractivity contribution in [2.75, 3.05) is 17.9 Å². The van der Waals surface area contributed by atoms with E-state index < -0.39 is 9.84 Å². The number of rotatable bonds is 5. The lowest BCUT2D eigenvalue weighted by molar-refractivity contribution is 0.598. The predicted molar refractivity (Wildman–Crippen MR) is 63.4 cm³/mol. The summed E-state index contributed by atoms with van der Waals surface area (Å²) < 4.78 is 22.8. The van der Waals surface area contributed by atoms with Crippen molar-refractivity contribution in [2.24, 2.45) is 0 Å². The Morgan fingerprint density at radius 3 is 2.87 bits per heavy atom. The normalized spacial score (nSPS) is 11.6. The molecule has 6 heteroatoms. The van der Waals surface area contributed by atoms with Crippen LogP contribution < -0.4 is 0 Å². The lowest BCUT2D eigenvalue weighted by Crippen LogP contribution is -2.01. The second-order valence-electron chi connectivity index (χ2n) is 2.97. The highest BCUT2D eigenvalue weighted by Gasteiger charge is 2.13. The van der Waals surface area contributed by atoms with Crippen LogP contribution in [0.2, 0.25) is 0 Å². The molecule has 0 bridgehead atoms. The Kier molecular flexibility index (Phi) is 4.89. The van der Waals surface area contributed by atoms with E-state index in [1.807, 2.05) is 0 Å². The number of pyridine rings is 1. The molecule has 0 saturated carbocycles. The Bertz CT molecular complexity index is 420. The Balaban J connectivity index is 2.88. The van der Waals surface area contributed by atoms with E-state index in [0.717, 1.165) is 12.2 Å².